The summed E-state index contributed by atoms with van der Waals surface area (Å²) in [6.07, 6.45) is 1.89. The van der Waals surface area contributed by atoms with Crippen molar-refractivity contribution < 1.29 is 4.74 Å². The summed E-state index contributed by atoms with van der Waals surface area (Å²) in [6.45, 7) is 7.56. The van der Waals surface area contributed by atoms with Gasteiger partial charge in [0.15, 0.2) is 0 Å². The molecule has 17 heavy (non-hydrogen) atoms. The average Bonchev–Trinajstić information content (AvgIpc) is 2.62. The van der Waals surface area contributed by atoms with Gasteiger partial charge in [-0.15, -0.1) is 0 Å². The third-order valence-corrected chi connectivity index (χ3v) is 3.04. The highest BCUT2D eigenvalue weighted by Crippen LogP contribution is 2.11. The first-order valence-electron chi connectivity index (χ1n) is 5.90. The largest absolute Gasteiger partial charge is 0.384 e. The number of morpholine rings is 1. The summed E-state index contributed by atoms with van der Waals surface area (Å²) in [5.41, 5.74) is 3.14. The SMILES string of the molecule is Cc1ccc(C)n1C(=N)/C=C1\NCCOC1C. The first kappa shape index (κ1) is 11.9. The lowest BCUT2D eigenvalue weighted by molar-refractivity contribution is 0.0661. The van der Waals surface area contributed by atoms with E-state index in [-0.39, 0.29) is 6.10 Å². The number of aryl methyl sites for hydroxylation is 2. The molecule has 4 nitrogen and oxygen atoms in total. The lowest BCUT2D eigenvalue weighted by Crippen LogP contribution is -2.35. The second-order valence-electron chi connectivity index (χ2n) is 4.38. The van der Waals surface area contributed by atoms with Gasteiger partial charge in [0.2, 0.25) is 0 Å². The first-order chi connectivity index (χ1) is 8.09. The summed E-state index contributed by atoms with van der Waals surface area (Å²) < 4.78 is 7.46. The zero-order chi connectivity index (χ0) is 12.4. The maximum Gasteiger partial charge on any atom is 0.131 e. The number of hydrogen-bond acceptors (Lipinski definition) is 3. The van der Waals surface area contributed by atoms with Gasteiger partial charge in [-0.05, 0) is 32.9 Å². The molecule has 2 heterocycles. The highest BCUT2D eigenvalue weighted by Gasteiger charge is 2.15. The van der Waals surface area contributed by atoms with E-state index in [9.17, 15) is 0 Å². The normalized spacial score (nSPS) is 22.5. The third kappa shape index (κ3) is 2.42. The number of hydrogen-bond donors (Lipinski definition) is 2. The zero-order valence-electron chi connectivity index (χ0n) is 10.6. The molecule has 0 amide bonds. The van der Waals surface area contributed by atoms with Gasteiger partial charge in [-0.1, -0.05) is 0 Å². The monoisotopic (exact) mass is 233 g/mol. The molecule has 1 aromatic heterocycles. The Kier molecular flexibility index (Phi) is 3.33. The van der Waals surface area contributed by atoms with E-state index in [1.807, 2.05) is 43.5 Å². The van der Waals surface area contributed by atoms with Crippen LogP contribution in [0.3, 0.4) is 0 Å². The van der Waals surface area contributed by atoms with E-state index in [1.165, 1.54) is 0 Å². The Bertz CT molecular complexity index is 440. The van der Waals surface area contributed by atoms with Crippen LogP contribution in [-0.2, 0) is 4.74 Å². The molecular formula is C13H19N3O. The van der Waals surface area contributed by atoms with Gasteiger partial charge in [0.05, 0.1) is 12.7 Å². The Morgan fingerprint density at radius 3 is 2.71 bits per heavy atom. The van der Waals surface area contributed by atoms with Gasteiger partial charge in [0.25, 0.3) is 0 Å². The Morgan fingerprint density at radius 2 is 2.12 bits per heavy atom. The minimum atomic E-state index is 0.0419. The summed E-state index contributed by atoms with van der Waals surface area (Å²) in [5, 5.41) is 11.4. The van der Waals surface area contributed by atoms with Crippen LogP contribution in [0.1, 0.15) is 18.3 Å². The van der Waals surface area contributed by atoms with E-state index < -0.39 is 0 Å². The molecule has 92 valence electrons. The number of rotatable bonds is 1. The fourth-order valence-electron chi connectivity index (χ4n) is 2.09. The molecule has 2 N–H and O–H groups in total. The Labute approximate surface area is 102 Å². The molecule has 0 aliphatic carbocycles. The Morgan fingerprint density at radius 1 is 1.47 bits per heavy atom. The number of nitrogens with zero attached hydrogens (tertiary/aromatic N) is 1. The standard InChI is InChI=1S/C13H19N3O/c1-9-4-5-10(2)16(9)13(14)8-12-11(3)17-7-6-15-12/h4-5,8,11,14-15H,6-7H2,1-3H3/b12-8-,14-13?. The van der Waals surface area contributed by atoms with Crippen LogP contribution in [0.4, 0.5) is 0 Å². The number of nitrogens with one attached hydrogen (secondary N) is 2. The minimum absolute atomic E-state index is 0.0419. The molecule has 0 bridgehead atoms. The highest BCUT2D eigenvalue weighted by molar-refractivity contribution is 5.94. The summed E-state index contributed by atoms with van der Waals surface area (Å²) in [6, 6.07) is 4.05. The van der Waals surface area contributed by atoms with Crippen molar-refractivity contribution in [3.8, 4) is 0 Å². The summed E-state index contributed by atoms with van der Waals surface area (Å²) in [7, 11) is 0. The van der Waals surface area contributed by atoms with Crippen molar-refractivity contribution in [2.45, 2.75) is 26.9 Å². The van der Waals surface area contributed by atoms with E-state index in [0.29, 0.717) is 5.84 Å². The quantitative estimate of drug-likeness (QED) is 0.574. The summed E-state index contributed by atoms with van der Waals surface area (Å²) in [5.74, 6) is 0.477. The Hall–Kier alpha value is -1.55. The van der Waals surface area contributed by atoms with Crippen LogP contribution in [0.2, 0.25) is 0 Å². The molecule has 0 saturated carbocycles. The van der Waals surface area contributed by atoms with Crippen LogP contribution in [0.25, 0.3) is 0 Å². The van der Waals surface area contributed by atoms with Crippen molar-refractivity contribution in [2.24, 2.45) is 0 Å². The second-order valence-corrected chi connectivity index (χ2v) is 4.38. The molecule has 0 radical (unpaired) electrons. The van der Waals surface area contributed by atoms with Crippen LogP contribution < -0.4 is 5.32 Å². The van der Waals surface area contributed by atoms with E-state index in [2.05, 4.69) is 5.32 Å². The number of ether oxygens (including phenoxy) is 1. The molecule has 1 aliphatic heterocycles. The summed E-state index contributed by atoms with van der Waals surface area (Å²) in [4.78, 5) is 0. The molecule has 0 aromatic carbocycles. The van der Waals surface area contributed by atoms with Crippen molar-refractivity contribution in [1.82, 2.24) is 9.88 Å². The van der Waals surface area contributed by atoms with E-state index in [4.69, 9.17) is 10.1 Å². The van der Waals surface area contributed by atoms with E-state index in [0.717, 1.165) is 30.2 Å². The summed E-state index contributed by atoms with van der Waals surface area (Å²) >= 11 is 0. The van der Waals surface area contributed by atoms with Crippen molar-refractivity contribution in [3.63, 3.8) is 0 Å². The molecule has 1 aliphatic rings. The van der Waals surface area contributed by atoms with Gasteiger partial charge in [0.1, 0.15) is 5.84 Å². The van der Waals surface area contributed by atoms with Gasteiger partial charge in [-0.2, -0.15) is 0 Å². The van der Waals surface area contributed by atoms with Crippen molar-refractivity contribution in [3.05, 3.63) is 35.3 Å². The lowest BCUT2D eigenvalue weighted by atomic mass is 10.2. The molecule has 1 saturated heterocycles. The number of allylic oxidation sites excluding steroid dienone is 1. The zero-order valence-corrected chi connectivity index (χ0v) is 10.6. The van der Waals surface area contributed by atoms with Gasteiger partial charge < -0.3 is 14.6 Å². The molecule has 1 aromatic rings. The predicted octanol–water partition coefficient (Wildman–Crippen LogP) is 1.82. The second kappa shape index (κ2) is 4.75. The molecule has 4 heteroatoms. The lowest BCUT2D eigenvalue weighted by Gasteiger charge is -2.24. The maximum absolute atomic E-state index is 8.15. The molecule has 1 fully saturated rings. The molecule has 1 atom stereocenters. The minimum Gasteiger partial charge on any atom is -0.384 e. The van der Waals surface area contributed by atoms with Crippen molar-refractivity contribution >= 4 is 5.84 Å². The van der Waals surface area contributed by atoms with Crippen molar-refractivity contribution in [1.29, 1.82) is 5.41 Å². The van der Waals surface area contributed by atoms with Crippen LogP contribution in [0, 0.1) is 19.3 Å². The van der Waals surface area contributed by atoms with Crippen LogP contribution in [0.15, 0.2) is 23.9 Å². The predicted molar refractivity (Wildman–Crippen MR) is 68.5 cm³/mol. The maximum atomic E-state index is 8.15. The molecule has 1 unspecified atom stereocenters. The average molecular weight is 233 g/mol. The first-order valence-corrected chi connectivity index (χ1v) is 5.90. The van der Waals surface area contributed by atoms with Crippen LogP contribution in [0.5, 0.6) is 0 Å². The highest BCUT2D eigenvalue weighted by atomic mass is 16.5. The molecule has 2 rings (SSSR count). The topological polar surface area (TPSA) is 50.0 Å². The van der Waals surface area contributed by atoms with Crippen LogP contribution in [-0.4, -0.2) is 29.7 Å². The van der Waals surface area contributed by atoms with Crippen molar-refractivity contribution in [2.75, 3.05) is 13.2 Å². The van der Waals surface area contributed by atoms with Gasteiger partial charge in [-0.3, -0.25) is 5.41 Å². The molecular weight excluding hydrogens is 214 g/mol. The van der Waals surface area contributed by atoms with Crippen LogP contribution >= 0.6 is 0 Å². The van der Waals surface area contributed by atoms with E-state index in [1.54, 1.807) is 0 Å². The number of aromatic nitrogens is 1. The fraction of sp³-hybridized carbons (Fsp3) is 0.462. The Balaban J connectivity index is 2.24. The third-order valence-electron chi connectivity index (χ3n) is 3.04. The van der Waals surface area contributed by atoms with E-state index >= 15 is 0 Å². The van der Waals surface area contributed by atoms with Gasteiger partial charge in [0, 0.05) is 29.7 Å². The van der Waals surface area contributed by atoms with Gasteiger partial charge >= 0.3 is 0 Å². The van der Waals surface area contributed by atoms with Gasteiger partial charge in [-0.25, -0.2) is 0 Å². The molecule has 0 spiro atoms. The smallest absolute Gasteiger partial charge is 0.131 e. The fourth-order valence-corrected chi connectivity index (χ4v) is 2.09.